The molecule has 4 heteroatoms. The van der Waals surface area contributed by atoms with Crippen LogP contribution in [0.25, 0.3) is 0 Å². The maximum absolute atomic E-state index is 12.9. The fourth-order valence-corrected chi connectivity index (χ4v) is 4.26. The number of halogens is 1. The average Bonchev–Trinajstić information content (AvgIpc) is 3.17. The summed E-state index contributed by atoms with van der Waals surface area (Å²) in [6.45, 7) is 1.54. The third-order valence-corrected chi connectivity index (χ3v) is 5.32. The van der Waals surface area contributed by atoms with Crippen LogP contribution < -0.4 is 4.90 Å². The maximum Gasteiger partial charge on any atom is 0.238 e. The number of carbonyl (C=O) groups excluding carboxylic acids is 1. The lowest BCUT2D eigenvalue weighted by Crippen LogP contribution is -2.43. The van der Waals surface area contributed by atoms with Crippen molar-refractivity contribution >= 4 is 27.5 Å². The Morgan fingerprint density at radius 1 is 1.26 bits per heavy atom. The van der Waals surface area contributed by atoms with E-state index in [1.54, 1.807) is 0 Å². The van der Waals surface area contributed by atoms with Crippen molar-refractivity contribution in [1.82, 2.24) is 0 Å². The molecule has 3 aliphatic rings. The van der Waals surface area contributed by atoms with E-state index in [4.69, 9.17) is 4.74 Å². The summed E-state index contributed by atoms with van der Waals surface area (Å²) in [6, 6.07) is 6.50. The van der Waals surface area contributed by atoms with Crippen molar-refractivity contribution in [1.29, 1.82) is 0 Å². The van der Waals surface area contributed by atoms with Gasteiger partial charge in [-0.15, -0.1) is 0 Å². The van der Waals surface area contributed by atoms with Gasteiger partial charge in [-0.1, -0.05) is 22.0 Å². The first-order valence-electron chi connectivity index (χ1n) is 6.94. The molecular formula is C15H16BrNO2. The second-order valence-corrected chi connectivity index (χ2v) is 6.59. The van der Waals surface area contributed by atoms with Crippen LogP contribution in [-0.2, 0) is 14.9 Å². The second kappa shape index (κ2) is 4.06. The summed E-state index contributed by atoms with van der Waals surface area (Å²) in [4.78, 5) is 14.9. The van der Waals surface area contributed by atoms with E-state index in [1.165, 1.54) is 5.56 Å². The molecule has 1 saturated heterocycles. The van der Waals surface area contributed by atoms with Gasteiger partial charge in [0, 0.05) is 35.0 Å². The number of hydrogen-bond acceptors (Lipinski definition) is 2. The predicted molar refractivity (Wildman–Crippen MR) is 76.4 cm³/mol. The smallest absolute Gasteiger partial charge is 0.238 e. The van der Waals surface area contributed by atoms with Gasteiger partial charge in [0.05, 0.1) is 5.41 Å². The van der Waals surface area contributed by atoms with Crippen molar-refractivity contribution in [3.63, 3.8) is 0 Å². The van der Waals surface area contributed by atoms with Gasteiger partial charge in [-0.2, -0.15) is 0 Å². The fourth-order valence-electron chi connectivity index (χ4n) is 3.53. The van der Waals surface area contributed by atoms with Crippen LogP contribution in [0.2, 0.25) is 0 Å². The first-order chi connectivity index (χ1) is 9.24. The van der Waals surface area contributed by atoms with Gasteiger partial charge in [-0.05, 0) is 37.8 Å². The molecule has 19 heavy (non-hydrogen) atoms. The Hall–Kier alpha value is -0.870. The van der Waals surface area contributed by atoms with Crippen molar-refractivity contribution in [3.8, 4) is 0 Å². The molecule has 4 rings (SSSR count). The lowest BCUT2D eigenvalue weighted by Gasteiger charge is -2.32. The molecule has 3 nitrogen and oxygen atoms in total. The zero-order chi connectivity index (χ0) is 13.0. The Balaban J connectivity index is 1.81. The number of hydrogen-bond donors (Lipinski definition) is 0. The third kappa shape index (κ3) is 1.56. The molecule has 2 fully saturated rings. The largest absolute Gasteiger partial charge is 0.381 e. The highest BCUT2D eigenvalue weighted by atomic mass is 79.9. The van der Waals surface area contributed by atoms with Crippen LogP contribution in [0.4, 0.5) is 5.69 Å². The zero-order valence-electron chi connectivity index (χ0n) is 10.7. The van der Waals surface area contributed by atoms with E-state index in [1.807, 2.05) is 6.07 Å². The molecule has 1 saturated carbocycles. The molecule has 1 spiro atoms. The highest BCUT2D eigenvalue weighted by Crippen LogP contribution is 2.60. The molecule has 1 amide bonds. The van der Waals surface area contributed by atoms with Crippen molar-refractivity contribution in [2.75, 3.05) is 18.1 Å². The van der Waals surface area contributed by atoms with Gasteiger partial charge < -0.3 is 9.64 Å². The van der Waals surface area contributed by atoms with Crippen molar-refractivity contribution in [3.05, 3.63) is 28.2 Å². The zero-order valence-corrected chi connectivity index (χ0v) is 12.3. The van der Waals surface area contributed by atoms with Crippen molar-refractivity contribution < 1.29 is 9.53 Å². The number of fused-ring (bicyclic) bond motifs is 2. The van der Waals surface area contributed by atoms with Crippen LogP contribution in [0, 0.1) is 0 Å². The number of carbonyl (C=O) groups is 1. The Kier molecular flexibility index (Phi) is 2.55. The minimum atomic E-state index is -0.201. The molecule has 0 radical (unpaired) electrons. The summed E-state index contributed by atoms with van der Waals surface area (Å²) in [6.07, 6.45) is 3.91. The summed E-state index contributed by atoms with van der Waals surface area (Å²) in [5.74, 6) is 0.321. The summed E-state index contributed by atoms with van der Waals surface area (Å²) >= 11 is 3.64. The molecule has 2 aliphatic heterocycles. The summed E-state index contributed by atoms with van der Waals surface area (Å²) in [5, 5.41) is 0. The highest BCUT2D eigenvalue weighted by molar-refractivity contribution is 9.10. The molecule has 1 aromatic rings. The van der Waals surface area contributed by atoms with Crippen LogP contribution in [-0.4, -0.2) is 25.2 Å². The van der Waals surface area contributed by atoms with E-state index in [-0.39, 0.29) is 5.41 Å². The van der Waals surface area contributed by atoms with Gasteiger partial charge in [-0.25, -0.2) is 0 Å². The number of anilines is 1. The van der Waals surface area contributed by atoms with Gasteiger partial charge in [0.15, 0.2) is 0 Å². The van der Waals surface area contributed by atoms with Crippen LogP contribution in [0.15, 0.2) is 22.7 Å². The molecule has 100 valence electrons. The minimum absolute atomic E-state index is 0.201. The molecule has 2 heterocycles. The van der Waals surface area contributed by atoms with E-state index in [9.17, 15) is 4.79 Å². The Bertz CT molecular complexity index is 547. The van der Waals surface area contributed by atoms with E-state index in [2.05, 4.69) is 33.0 Å². The second-order valence-electron chi connectivity index (χ2n) is 5.73. The number of ether oxygens (including phenoxy) is 1. The van der Waals surface area contributed by atoms with E-state index in [0.717, 1.165) is 49.1 Å². The molecule has 0 atom stereocenters. The molecular weight excluding hydrogens is 306 g/mol. The lowest BCUT2D eigenvalue weighted by atomic mass is 9.98. The van der Waals surface area contributed by atoms with E-state index >= 15 is 0 Å². The molecule has 1 aliphatic carbocycles. The Morgan fingerprint density at radius 2 is 2.00 bits per heavy atom. The van der Waals surface area contributed by atoms with Gasteiger partial charge in [0.1, 0.15) is 0 Å². The summed E-state index contributed by atoms with van der Waals surface area (Å²) in [7, 11) is 0. The maximum atomic E-state index is 12.9. The first kappa shape index (κ1) is 11.9. The number of benzene rings is 1. The topological polar surface area (TPSA) is 29.5 Å². The number of nitrogens with zero attached hydrogens (tertiary/aromatic N) is 1. The lowest BCUT2D eigenvalue weighted by molar-refractivity contribution is -0.121. The number of amides is 1. The summed E-state index contributed by atoms with van der Waals surface area (Å²) < 4.78 is 6.51. The number of rotatable bonds is 1. The molecule has 0 aromatic heterocycles. The Morgan fingerprint density at radius 3 is 2.68 bits per heavy atom. The van der Waals surface area contributed by atoms with Crippen LogP contribution >= 0.6 is 15.9 Å². The molecule has 0 N–H and O–H groups in total. The monoisotopic (exact) mass is 321 g/mol. The predicted octanol–water partition coefficient (Wildman–Crippen LogP) is 3.01. The quantitative estimate of drug-likeness (QED) is 0.795. The third-order valence-electron chi connectivity index (χ3n) is 4.66. The normalized spacial score (nSPS) is 24.9. The van der Waals surface area contributed by atoms with Gasteiger partial charge in [0.25, 0.3) is 0 Å². The SMILES string of the molecule is O=C1N(C2CCOCC2)c2cccc(Br)c2C12CC2. The standard InChI is InChI=1S/C15H16BrNO2/c16-11-2-1-3-12-13(11)15(6-7-15)14(18)17(12)10-4-8-19-9-5-10/h1-3,10H,4-9H2. The molecule has 0 bridgehead atoms. The highest BCUT2D eigenvalue weighted by Gasteiger charge is 2.60. The average molecular weight is 322 g/mol. The van der Waals surface area contributed by atoms with Crippen molar-refractivity contribution in [2.24, 2.45) is 0 Å². The van der Waals surface area contributed by atoms with Crippen molar-refractivity contribution in [2.45, 2.75) is 37.1 Å². The molecule has 0 unspecified atom stereocenters. The van der Waals surface area contributed by atoms with Crippen LogP contribution in [0.3, 0.4) is 0 Å². The van der Waals surface area contributed by atoms with Gasteiger partial charge >= 0.3 is 0 Å². The Labute approximate surface area is 121 Å². The van der Waals surface area contributed by atoms with Gasteiger partial charge in [-0.3, -0.25) is 4.79 Å². The fraction of sp³-hybridized carbons (Fsp3) is 0.533. The van der Waals surface area contributed by atoms with Crippen LogP contribution in [0.5, 0.6) is 0 Å². The van der Waals surface area contributed by atoms with Gasteiger partial charge in [0.2, 0.25) is 5.91 Å². The molecule has 1 aromatic carbocycles. The summed E-state index contributed by atoms with van der Waals surface area (Å²) in [5.41, 5.74) is 2.16. The van der Waals surface area contributed by atoms with E-state index < -0.39 is 0 Å². The van der Waals surface area contributed by atoms with E-state index in [0.29, 0.717) is 11.9 Å². The minimum Gasteiger partial charge on any atom is -0.381 e. The first-order valence-corrected chi connectivity index (χ1v) is 7.74. The van der Waals surface area contributed by atoms with Crippen LogP contribution in [0.1, 0.15) is 31.2 Å².